The number of para-hydroxylation sites is 1. The maximum atomic E-state index is 12.5. The van der Waals surface area contributed by atoms with E-state index in [0.29, 0.717) is 11.3 Å². The van der Waals surface area contributed by atoms with Gasteiger partial charge in [0.05, 0.1) is 7.11 Å². The molecule has 126 valence electrons. The van der Waals surface area contributed by atoms with Crippen LogP contribution in [0.4, 0.5) is 5.69 Å². The van der Waals surface area contributed by atoms with Crippen LogP contribution in [-0.2, 0) is 10.0 Å². The van der Waals surface area contributed by atoms with Crippen molar-refractivity contribution in [2.45, 2.75) is 23.8 Å². The summed E-state index contributed by atoms with van der Waals surface area (Å²) in [5.74, 6) is 0.127. The summed E-state index contributed by atoms with van der Waals surface area (Å²) in [7, 11) is -2.36. The van der Waals surface area contributed by atoms with E-state index in [1.807, 2.05) is 0 Å². The zero-order valence-corrected chi connectivity index (χ0v) is 14.0. The number of nitrogens with one attached hydrogen (secondary N) is 2. The Morgan fingerprint density at radius 2 is 1.75 bits per heavy atom. The standard InChI is InChI=1S/C17H18N2O4S/c1-23-15-4-2-3-5-16(15)24(21,22)19-14-8-6-12(7-9-14)17(20)18-13-10-11-13/h2-9,13,19H,10-11H2,1H3,(H,18,20). The van der Waals surface area contributed by atoms with E-state index < -0.39 is 10.0 Å². The molecule has 7 heteroatoms. The number of ether oxygens (including phenoxy) is 1. The Kier molecular flexibility index (Phi) is 4.44. The van der Waals surface area contributed by atoms with Gasteiger partial charge >= 0.3 is 0 Å². The number of methoxy groups -OCH3 is 1. The summed E-state index contributed by atoms with van der Waals surface area (Å²) in [6.07, 6.45) is 2.03. The van der Waals surface area contributed by atoms with E-state index in [9.17, 15) is 13.2 Å². The molecule has 0 unspecified atom stereocenters. The maximum absolute atomic E-state index is 12.5. The second-order valence-electron chi connectivity index (χ2n) is 5.58. The zero-order valence-electron chi connectivity index (χ0n) is 13.2. The Morgan fingerprint density at radius 1 is 1.08 bits per heavy atom. The van der Waals surface area contributed by atoms with Gasteiger partial charge in [0.2, 0.25) is 0 Å². The molecule has 1 amide bonds. The highest BCUT2D eigenvalue weighted by Crippen LogP contribution is 2.25. The first-order chi connectivity index (χ1) is 11.5. The van der Waals surface area contributed by atoms with Crippen LogP contribution in [0.2, 0.25) is 0 Å². The molecule has 2 aromatic rings. The smallest absolute Gasteiger partial charge is 0.265 e. The molecule has 2 aromatic carbocycles. The summed E-state index contributed by atoms with van der Waals surface area (Å²) in [6.45, 7) is 0. The molecule has 3 rings (SSSR count). The molecule has 1 aliphatic rings. The molecule has 0 bridgehead atoms. The summed E-state index contributed by atoms with van der Waals surface area (Å²) in [6, 6.07) is 13.0. The number of benzene rings is 2. The predicted octanol–water partition coefficient (Wildman–Crippen LogP) is 2.39. The van der Waals surface area contributed by atoms with Crippen molar-refractivity contribution in [3.05, 3.63) is 54.1 Å². The van der Waals surface area contributed by atoms with E-state index >= 15 is 0 Å². The van der Waals surface area contributed by atoms with Gasteiger partial charge in [0, 0.05) is 17.3 Å². The fourth-order valence-corrected chi connectivity index (χ4v) is 3.47. The first-order valence-electron chi connectivity index (χ1n) is 7.56. The lowest BCUT2D eigenvalue weighted by Crippen LogP contribution is -2.25. The number of rotatable bonds is 6. The number of carbonyl (C=O) groups is 1. The summed E-state index contributed by atoms with van der Waals surface area (Å²) in [5.41, 5.74) is 0.881. The molecule has 0 atom stereocenters. The maximum Gasteiger partial charge on any atom is 0.265 e. The Bertz CT molecular complexity index is 843. The molecule has 24 heavy (non-hydrogen) atoms. The quantitative estimate of drug-likeness (QED) is 0.841. The largest absolute Gasteiger partial charge is 0.495 e. The molecule has 2 N–H and O–H groups in total. The molecule has 0 aliphatic heterocycles. The SMILES string of the molecule is COc1ccccc1S(=O)(=O)Nc1ccc(C(=O)NC2CC2)cc1. The van der Waals surface area contributed by atoms with Gasteiger partial charge in [-0.05, 0) is 49.2 Å². The van der Waals surface area contributed by atoms with Gasteiger partial charge in [-0.1, -0.05) is 12.1 Å². The summed E-state index contributed by atoms with van der Waals surface area (Å²) in [4.78, 5) is 12.0. The average molecular weight is 346 g/mol. The van der Waals surface area contributed by atoms with Gasteiger partial charge in [-0.25, -0.2) is 8.42 Å². The summed E-state index contributed by atoms with van der Waals surface area (Å²) in [5, 5.41) is 2.88. The first-order valence-corrected chi connectivity index (χ1v) is 9.05. The van der Waals surface area contributed by atoms with Crippen LogP contribution in [0.1, 0.15) is 23.2 Å². The van der Waals surface area contributed by atoms with Crippen LogP contribution in [0, 0.1) is 0 Å². The Balaban J connectivity index is 1.76. The minimum atomic E-state index is -3.77. The van der Waals surface area contributed by atoms with E-state index in [-0.39, 0.29) is 22.6 Å². The normalized spacial score (nSPS) is 14.0. The van der Waals surface area contributed by atoms with Crippen molar-refractivity contribution < 1.29 is 17.9 Å². The second-order valence-corrected chi connectivity index (χ2v) is 7.23. The highest BCUT2D eigenvalue weighted by atomic mass is 32.2. The minimum Gasteiger partial charge on any atom is -0.495 e. The zero-order chi connectivity index (χ0) is 17.2. The van der Waals surface area contributed by atoms with Crippen LogP contribution < -0.4 is 14.8 Å². The van der Waals surface area contributed by atoms with Crippen LogP contribution in [0.25, 0.3) is 0 Å². The highest BCUT2D eigenvalue weighted by Gasteiger charge is 2.24. The van der Waals surface area contributed by atoms with Crippen molar-refractivity contribution in [1.82, 2.24) is 5.32 Å². The lowest BCUT2D eigenvalue weighted by molar-refractivity contribution is 0.0951. The van der Waals surface area contributed by atoms with Gasteiger partial charge in [0.25, 0.3) is 15.9 Å². The van der Waals surface area contributed by atoms with Gasteiger partial charge in [-0.2, -0.15) is 0 Å². The van der Waals surface area contributed by atoms with E-state index in [0.717, 1.165) is 12.8 Å². The van der Waals surface area contributed by atoms with Crippen molar-refractivity contribution in [3.63, 3.8) is 0 Å². The molecular weight excluding hydrogens is 328 g/mol. The highest BCUT2D eigenvalue weighted by molar-refractivity contribution is 7.92. The van der Waals surface area contributed by atoms with Gasteiger partial charge in [-0.15, -0.1) is 0 Å². The van der Waals surface area contributed by atoms with E-state index in [4.69, 9.17) is 4.74 Å². The van der Waals surface area contributed by atoms with Crippen LogP contribution in [0.3, 0.4) is 0 Å². The molecule has 0 aromatic heterocycles. The second kappa shape index (κ2) is 6.52. The van der Waals surface area contributed by atoms with Gasteiger partial charge in [0.15, 0.2) is 0 Å². The molecular formula is C17H18N2O4S. The minimum absolute atomic E-state index is 0.0584. The van der Waals surface area contributed by atoms with Crippen molar-refractivity contribution in [3.8, 4) is 5.75 Å². The topological polar surface area (TPSA) is 84.5 Å². The lowest BCUT2D eigenvalue weighted by atomic mass is 10.2. The van der Waals surface area contributed by atoms with Gasteiger partial charge in [0.1, 0.15) is 10.6 Å². The Hall–Kier alpha value is -2.54. The molecule has 1 saturated carbocycles. The Labute approximate surface area is 140 Å². The molecule has 1 aliphatic carbocycles. The number of anilines is 1. The van der Waals surface area contributed by atoms with Crippen molar-refractivity contribution >= 4 is 21.6 Å². The van der Waals surface area contributed by atoms with E-state index in [1.165, 1.54) is 13.2 Å². The fourth-order valence-electron chi connectivity index (χ4n) is 2.24. The molecule has 0 heterocycles. The van der Waals surface area contributed by atoms with Crippen LogP contribution >= 0.6 is 0 Å². The van der Waals surface area contributed by atoms with E-state index in [1.54, 1.807) is 42.5 Å². The third-order valence-corrected chi connectivity index (χ3v) is 5.09. The van der Waals surface area contributed by atoms with Gasteiger partial charge < -0.3 is 10.1 Å². The number of carbonyl (C=O) groups excluding carboxylic acids is 1. The molecule has 0 radical (unpaired) electrons. The third kappa shape index (κ3) is 3.68. The molecule has 0 saturated heterocycles. The van der Waals surface area contributed by atoms with Crippen molar-refractivity contribution in [1.29, 1.82) is 0 Å². The molecule has 1 fully saturated rings. The van der Waals surface area contributed by atoms with E-state index in [2.05, 4.69) is 10.0 Å². The van der Waals surface area contributed by atoms with Crippen LogP contribution in [0.5, 0.6) is 5.75 Å². The number of amides is 1. The monoisotopic (exact) mass is 346 g/mol. The van der Waals surface area contributed by atoms with Crippen LogP contribution in [-0.4, -0.2) is 27.5 Å². The number of hydrogen-bond acceptors (Lipinski definition) is 4. The van der Waals surface area contributed by atoms with Crippen LogP contribution in [0.15, 0.2) is 53.4 Å². The number of hydrogen-bond donors (Lipinski definition) is 2. The van der Waals surface area contributed by atoms with Crippen molar-refractivity contribution in [2.24, 2.45) is 0 Å². The molecule has 0 spiro atoms. The summed E-state index contributed by atoms with van der Waals surface area (Å²) >= 11 is 0. The fraction of sp³-hybridized carbons (Fsp3) is 0.235. The average Bonchev–Trinajstić information content (AvgIpc) is 3.39. The third-order valence-electron chi connectivity index (χ3n) is 3.67. The van der Waals surface area contributed by atoms with Crippen molar-refractivity contribution in [2.75, 3.05) is 11.8 Å². The predicted molar refractivity (Wildman–Crippen MR) is 90.7 cm³/mol. The van der Waals surface area contributed by atoms with Gasteiger partial charge in [-0.3, -0.25) is 9.52 Å². The molecule has 6 nitrogen and oxygen atoms in total. The number of sulfonamides is 1. The lowest BCUT2D eigenvalue weighted by Gasteiger charge is -2.11. The first kappa shape index (κ1) is 16.3. The summed E-state index contributed by atoms with van der Waals surface area (Å²) < 4.78 is 32.5. The Morgan fingerprint density at radius 3 is 2.38 bits per heavy atom.